The van der Waals surface area contributed by atoms with Crippen molar-refractivity contribution in [2.24, 2.45) is 0 Å². The molecule has 11 heteroatoms. The zero-order valence-electron chi connectivity index (χ0n) is 24.0. The molecule has 2 aromatic heterocycles. The normalized spacial score (nSPS) is 14.4. The fraction of sp³-hybridized carbons (Fsp3) is 0.536. The molecule has 1 atom stereocenters. The molecule has 0 radical (unpaired) electrons. The molecule has 1 saturated heterocycles. The van der Waals surface area contributed by atoms with E-state index in [2.05, 4.69) is 60.3 Å². The quantitative estimate of drug-likeness (QED) is 0.323. The number of piperazine rings is 1. The van der Waals surface area contributed by atoms with Crippen LogP contribution in [0.1, 0.15) is 73.6 Å². The van der Waals surface area contributed by atoms with Gasteiger partial charge in [-0.15, -0.1) is 0 Å². The number of nitrogens with one attached hydrogen (secondary N) is 2. The van der Waals surface area contributed by atoms with Gasteiger partial charge < -0.3 is 15.3 Å². The van der Waals surface area contributed by atoms with E-state index in [4.69, 9.17) is 0 Å². The first-order valence-electron chi connectivity index (χ1n) is 13.9. The second-order valence-corrected chi connectivity index (χ2v) is 10.3. The van der Waals surface area contributed by atoms with Gasteiger partial charge in [0.05, 0.1) is 12.8 Å². The number of rotatable bonds is 10. The van der Waals surface area contributed by atoms with E-state index in [0.717, 1.165) is 49.4 Å². The molecule has 1 unspecified atom stereocenters. The number of carbonyl (C=O) groups is 1. The van der Waals surface area contributed by atoms with Gasteiger partial charge in [0.15, 0.2) is 5.13 Å². The lowest BCUT2D eigenvalue weighted by molar-refractivity contribution is 0.103. The number of thiazole rings is 1. The minimum atomic E-state index is -0.185. The van der Waals surface area contributed by atoms with Crippen LogP contribution in [0.25, 0.3) is 0 Å². The first kappa shape index (κ1) is 30.4. The van der Waals surface area contributed by atoms with Crippen molar-refractivity contribution < 1.29 is 9.90 Å². The fourth-order valence-corrected chi connectivity index (χ4v) is 4.98. The van der Waals surface area contributed by atoms with Crippen molar-refractivity contribution in [2.75, 3.05) is 54.9 Å². The third-order valence-electron chi connectivity index (χ3n) is 6.69. The van der Waals surface area contributed by atoms with Crippen LogP contribution >= 0.6 is 11.3 Å². The van der Waals surface area contributed by atoms with E-state index in [1.807, 2.05) is 39.8 Å². The van der Waals surface area contributed by atoms with Crippen molar-refractivity contribution in [2.45, 2.75) is 60.3 Å². The van der Waals surface area contributed by atoms with Crippen LogP contribution in [0.3, 0.4) is 0 Å². The summed E-state index contributed by atoms with van der Waals surface area (Å²) in [4.78, 5) is 36.1. The number of para-hydroxylation sites is 1. The van der Waals surface area contributed by atoms with Gasteiger partial charge in [-0.25, -0.2) is 4.98 Å². The zero-order valence-corrected chi connectivity index (χ0v) is 24.8. The molecule has 4 rings (SSSR count). The molecule has 3 aromatic rings. The molecule has 3 N–H and O–H groups in total. The molecule has 0 bridgehead atoms. The summed E-state index contributed by atoms with van der Waals surface area (Å²) in [5.41, 5.74) is 3.05. The van der Waals surface area contributed by atoms with Crippen LogP contribution in [-0.4, -0.2) is 75.2 Å². The Bertz CT molecular complexity index is 1210. The van der Waals surface area contributed by atoms with Gasteiger partial charge in [-0.2, -0.15) is 15.0 Å². The minimum absolute atomic E-state index is 0.164. The van der Waals surface area contributed by atoms with Crippen molar-refractivity contribution in [3.8, 4) is 0 Å². The number of benzene rings is 1. The summed E-state index contributed by atoms with van der Waals surface area (Å²) in [6, 6.07) is 6.12. The Morgan fingerprint density at radius 2 is 1.87 bits per heavy atom. The van der Waals surface area contributed by atoms with Gasteiger partial charge in [-0.3, -0.25) is 15.0 Å². The van der Waals surface area contributed by atoms with Gasteiger partial charge in [0.1, 0.15) is 10.7 Å². The van der Waals surface area contributed by atoms with E-state index < -0.39 is 0 Å². The monoisotopic (exact) mass is 554 g/mol. The highest BCUT2D eigenvalue weighted by molar-refractivity contribution is 7.17. The van der Waals surface area contributed by atoms with Gasteiger partial charge in [-0.1, -0.05) is 64.2 Å². The summed E-state index contributed by atoms with van der Waals surface area (Å²) in [6.45, 7) is 16.4. The number of hydrogen-bond donors (Lipinski definition) is 3. The van der Waals surface area contributed by atoms with Crippen molar-refractivity contribution in [3.05, 3.63) is 46.2 Å². The Balaban J connectivity index is 0.00000205. The topological polar surface area (TPSA) is 119 Å². The fourth-order valence-electron chi connectivity index (χ4n) is 4.28. The standard InChI is InChI=1S/C26H36N8O2S.C2H6/c1-5-17(3)19-9-7-8-18(4)22(19)30-23(36)20-16-27-26(37-20)32-24-28-21(6-2)29-25(31-24)34-12-10-33(11-13-34)14-15-35;1-2/h7-9,16-17,35H,5-6,10-15H2,1-4H3,(H,30,36)(H,27,28,29,31,32);1-2H3. The summed E-state index contributed by atoms with van der Waals surface area (Å²) in [6.07, 6.45) is 3.24. The number of aryl methyl sites for hydroxylation is 2. The van der Waals surface area contributed by atoms with E-state index in [1.54, 1.807) is 6.20 Å². The molecule has 1 aliphatic rings. The van der Waals surface area contributed by atoms with Gasteiger partial charge in [-0.05, 0) is 30.4 Å². The SMILES string of the molecule is CC.CCc1nc(Nc2ncc(C(=O)Nc3c(C)cccc3C(C)CC)s2)nc(N2CCN(CCO)CC2)n1. The smallest absolute Gasteiger partial charge is 0.267 e. The average molecular weight is 555 g/mol. The summed E-state index contributed by atoms with van der Waals surface area (Å²) in [5.74, 6) is 1.90. The lowest BCUT2D eigenvalue weighted by Gasteiger charge is -2.34. The number of nitrogens with zero attached hydrogens (tertiary/aromatic N) is 6. The number of carbonyl (C=O) groups excluding carboxylic acids is 1. The number of hydrogen-bond acceptors (Lipinski definition) is 10. The molecule has 0 aliphatic carbocycles. The summed E-state index contributed by atoms with van der Waals surface area (Å²) in [5, 5.41) is 16.0. The third-order valence-corrected chi connectivity index (χ3v) is 7.60. The maximum atomic E-state index is 13.1. The van der Waals surface area contributed by atoms with Gasteiger partial charge in [0.25, 0.3) is 5.91 Å². The maximum Gasteiger partial charge on any atom is 0.267 e. The van der Waals surface area contributed by atoms with Crippen LogP contribution < -0.4 is 15.5 Å². The highest BCUT2D eigenvalue weighted by Gasteiger charge is 2.21. The molecule has 1 aromatic carbocycles. The van der Waals surface area contributed by atoms with E-state index in [-0.39, 0.29) is 12.5 Å². The van der Waals surface area contributed by atoms with Crippen LogP contribution in [0.2, 0.25) is 0 Å². The summed E-state index contributed by atoms with van der Waals surface area (Å²) < 4.78 is 0. The van der Waals surface area contributed by atoms with Crippen LogP contribution in [0.4, 0.5) is 22.7 Å². The highest BCUT2D eigenvalue weighted by Crippen LogP contribution is 2.31. The lowest BCUT2D eigenvalue weighted by atomic mass is 9.94. The molecule has 212 valence electrons. The number of anilines is 4. The summed E-state index contributed by atoms with van der Waals surface area (Å²) >= 11 is 1.26. The molecular formula is C28H42N8O2S. The largest absolute Gasteiger partial charge is 0.395 e. The van der Waals surface area contributed by atoms with Gasteiger partial charge >= 0.3 is 0 Å². The van der Waals surface area contributed by atoms with Crippen LogP contribution in [0.15, 0.2) is 24.4 Å². The molecule has 0 saturated carbocycles. The van der Waals surface area contributed by atoms with E-state index in [0.29, 0.717) is 46.6 Å². The molecule has 3 heterocycles. The van der Waals surface area contributed by atoms with Crippen molar-refractivity contribution >= 4 is 40.0 Å². The summed E-state index contributed by atoms with van der Waals surface area (Å²) in [7, 11) is 0. The van der Waals surface area contributed by atoms with E-state index in [9.17, 15) is 9.90 Å². The van der Waals surface area contributed by atoms with Gasteiger partial charge in [0.2, 0.25) is 11.9 Å². The predicted octanol–water partition coefficient (Wildman–Crippen LogP) is 4.85. The first-order valence-corrected chi connectivity index (χ1v) is 14.7. The molecule has 1 fully saturated rings. The second-order valence-electron chi connectivity index (χ2n) is 9.24. The number of β-amino-alcohol motifs (C(OH)–C–C–N with tert-alkyl or cyclic N) is 1. The minimum Gasteiger partial charge on any atom is -0.395 e. The average Bonchev–Trinajstić information content (AvgIpc) is 3.43. The lowest BCUT2D eigenvalue weighted by Crippen LogP contribution is -2.47. The predicted molar refractivity (Wildman–Crippen MR) is 160 cm³/mol. The van der Waals surface area contributed by atoms with Gasteiger partial charge in [0, 0.05) is 44.8 Å². The maximum absolute atomic E-state index is 13.1. The third kappa shape index (κ3) is 7.93. The first-order chi connectivity index (χ1) is 18.9. The Kier molecular flexibility index (Phi) is 11.6. The van der Waals surface area contributed by atoms with Crippen LogP contribution in [0.5, 0.6) is 0 Å². The Hall–Kier alpha value is -3.15. The Morgan fingerprint density at radius 3 is 2.54 bits per heavy atom. The molecule has 10 nitrogen and oxygen atoms in total. The number of amides is 1. The molecule has 0 spiro atoms. The highest BCUT2D eigenvalue weighted by atomic mass is 32.1. The van der Waals surface area contributed by atoms with E-state index >= 15 is 0 Å². The number of aliphatic hydroxyl groups excluding tert-OH is 1. The Morgan fingerprint density at radius 1 is 1.13 bits per heavy atom. The van der Waals surface area contributed by atoms with Crippen LogP contribution in [-0.2, 0) is 6.42 Å². The van der Waals surface area contributed by atoms with Crippen molar-refractivity contribution in [3.63, 3.8) is 0 Å². The zero-order chi connectivity index (χ0) is 28.4. The van der Waals surface area contributed by atoms with Crippen molar-refractivity contribution in [1.29, 1.82) is 0 Å². The molecule has 1 amide bonds. The number of aliphatic hydroxyl groups is 1. The van der Waals surface area contributed by atoms with E-state index in [1.165, 1.54) is 11.3 Å². The van der Waals surface area contributed by atoms with Crippen LogP contribution in [0, 0.1) is 6.92 Å². The molecule has 39 heavy (non-hydrogen) atoms. The second kappa shape index (κ2) is 14.9. The number of aromatic nitrogens is 4. The molecule has 1 aliphatic heterocycles. The van der Waals surface area contributed by atoms with Crippen molar-refractivity contribution in [1.82, 2.24) is 24.8 Å². The molecular weight excluding hydrogens is 512 g/mol. The Labute approximate surface area is 235 Å².